The van der Waals surface area contributed by atoms with Gasteiger partial charge in [-0.3, -0.25) is 14.4 Å². The van der Waals surface area contributed by atoms with Crippen molar-refractivity contribution < 1.29 is 38.8 Å². The van der Waals surface area contributed by atoms with Crippen molar-refractivity contribution in [2.45, 2.75) is 124 Å². The van der Waals surface area contributed by atoms with Crippen LogP contribution in [0, 0.1) is 18.3 Å². The van der Waals surface area contributed by atoms with Crippen LogP contribution in [0.3, 0.4) is 0 Å². The number of benzene rings is 3. The predicted molar refractivity (Wildman–Crippen MR) is 323 cm³/mol. The number of nitrogens with two attached hydrogens (primary N) is 3. The van der Waals surface area contributed by atoms with Crippen LogP contribution in [0.5, 0.6) is 17.2 Å². The normalized spacial score (nSPS) is 18.6. The molecule has 0 bridgehead atoms. The lowest BCUT2D eigenvalue weighted by molar-refractivity contribution is -0.0399. The van der Waals surface area contributed by atoms with Crippen molar-refractivity contribution in [1.82, 2.24) is 14.7 Å². The number of aryl methyl sites for hydroxylation is 3. The van der Waals surface area contributed by atoms with E-state index < -0.39 is 6.29 Å². The first-order chi connectivity index (χ1) is 39.7. The van der Waals surface area contributed by atoms with Crippen LogP contribution in [0.2, 0.25) is 0 Å². The summed E-state index contributed by atoms with van der Waals surface area (Å²) in [5.74, 6) is 3.10. The Labute approximate surface area is 496 Å². The van der Waals surface area contributed by atoms with E-state index in [4.69, 9.17) is 31.4 Å². The van der Waals surface area contributed by atoms with E-state index in [1.165, 1.54) is 69.5 Å². The molecular formula is C63H73N7O8S4. The summed E-state index contributed by atoms with van der Waals surface area (Å²) >= 11 is 5.82. The molecule has 3 amide bonds. The Balaban J connectivity index is 0.000000129. The number of thioether (sulfide) groups is 1. The van der Waals surface area contributed by atoms with E-state index >= 15 is 0 Å². The molecule has 6 aliphatic heterocycles. The van der Waals surface area contributed by atoms with E-state index in [2.05, 4.69) is 47.4 Å². The molecule has 82 heavy (non-hydrogen) atoms. The summed E-state index contributed by atoms with van der Waals surface area (Å²) in [7, 11) is 0. The number of fused-ring (bicyclic) bond motifs is 7. The van der Waals surface area contributed by atoms with Crippen LogP contribution < -0.4 is 31.4 Å². The number of nitriles is 1. The van der Waals surface area contributed by atoms with E-state index in [-0.39, 0.29) is 34.0 Å². The molecule has 0 atom stereocenters. The van der Waals surface area contributed by atoms with Crippen molar-refractivity contribution in [1.29, 1.82) is 5.26 Å². The molecule has 3 saturated heterocycles. The van der Waals surface area contributed by atoms with Crippen molar-refractivity contribution in [3.63, 3.8) is 0 Å². The maximum Gasteiger partial charge on any atom is 0.264 e. The Hall–Kier alpha value is -5.79. The molecular weight excluding hydrogens is 1110 g/mol. The van der Waals surface area contributed by atoms with Crippen LogP contribution in [0.25, 0.3) is 0 Å². The summed E-state index contributed by atoms with van der Waals surface area (Å²) in [4.78, 5) is 48.8. The zero-order valence-electron chi connectivity index (χ0n) is 46.8. The number of carbonyl (C=O) groups is 3. The van der Waals surface area contributed by atoms with Gasteiger partial charge < -0.3 is 56.3 Å². The Morgan fingerprint density at radius 1 is 0.598 bits per heavy atom. The topological polar surface area (TPSA) is 231 Å². The number of hydrogen-bond donors (Lipinski definition) is 5. The van der Waals surface area contributed by atoms with Crippen LogP contribution in [0.15, 0.2) is 77.0 Å². The second-order valence-electron chi connectivity index (χ2n) is 23.0. The van der Waals surface area contributed by atoms with Gasteiger partial charge in [-0.25, -0.2) is 0 Å². The summed E-state index contributed by atoms with van der Waals surface area (Å²) in [5.41, 5.74) is 27.3. The Kier molecular flexibility index (Phi) is 17.3. The second kappa shape index (κ2) is 24.4. The van der Waals surface area contributed by atoms with Crippen LogP contribution in [-0.2, 0) is 48.7 Å². The van der Waals surface area contributed by atoms with E-state index in [1.54, 1.807) is 30.4 Å². The summed E-state index contributed by atoms with van der Waals surface area (Å²) in [5, 5.41) is 28.0. The maximum absolute atomic E-state index is 13.1. The number of aliphatic hydroxyl groups excluding tert-OH is 1. The average molecular weight is 1180 g/mol. The molecule has 8 N–H and O–H groups in total. The van der Waals surface area contributed by atoms with Crippen molar-refractivity contribution in [3.05, 3.63) is 147 Å². The number of likely N-dealkylation sites (tertiary alicyclic amines) is 3. The smallest absolute Gasteiger partial charge is 0.264 e. The van der Waals surface area contributed by atoms with Crippen LogP contribution in [-0.4, -0.2) is 108 Å². The van der Waals surface area contributed by atoms with Crippen molar-refractivity contribution in [2.24, 2.45) is 17.2 Å². The van der Waals surface area contributed by atoms with Gasteiger partial charge in [-0.2, -0.15) is 5.26 Å². The zero-order chi connectivity index (χ0) is 57.3. The third-order valence-electron chi connectivity index (χ3n) is 18.2. The molecule has 3 aromatic heterocycles. The molecule has 15 nitrogen and oxygen atoms in total. The van der Waals surface area contributed by atoms with Crippen LogP contribution in [0.4, 0.5) is 0 Å². The second-order valence-corrected chi connectivity index (χ2v) is 27.3. The molecule has 0 unspecified atom stereocenters. The van der Waals surface area contributed by atoms with E-state index in [9.17, 15) is 29.9 Å². The van der Waals surface area contributed by atoms with Crippen molar-refractivity contribution >= 4 is 63.5 Å². The first kappa shape index (κ1) is 58.0. The van der Waals surface area contributed by atoms with Gasteiger partial charge in [-0.15, -0.1) is 45.8 Å². The predicted octanol–water partition coefficient (Wildman–Crippen LogP) is 9.47. The number of hydrogen-bond acceptors (Lipinski definition) is 16. The molecule has 3 fully saturated rings. The van der Waals surface area contributed by atoms with Gasteiger partial charge in [0.1, 0.15) is 23.3 Å². The highest BCUT2D eigenvalue weighted by Crippen LogP contribution is 2.49. The molecule has 7 aliphatic rings. The molecule has 0 saturated carbocycles. The summed E-state index contributed by atoms with van der Waals surface area (Å²) in [6, 6.07) is 26.5. The highest BCUT2D eigenvalue weighted by Gasteiger charge is 2.47. The lowest BCUT2D eigenvalue weighted by Gasteiger charge is -2.38. The summed E-state index contributed by atoms with van der Waals surface area (Å²) < 4.78 is 18.8. The fraction of sp³-hybridized carbons (Fsp3) is 0.460. The number of carbonyl (C=O) groups excluding carboxylic acids is 3. The monoisotopic (exact) mass is 1180 g/mol. The molecule has 13 rings (SSSR count). The number of rotatable bonds is 8. The van der Waals surface area contributed by atoms with Gasteiger partial charge in [0.2, 0.25) is 0 Å². The zero-order valence-corrected chi connectivity index (χ0v) is 50.0. The first-order valence-electron chi connectivity index (χ1n) is 28.6. The van der Waals surface area contributed by atoms with E-state index in [0.717, 1.165) is 131 Å². The van der Waals surface area contributed by atoms with Crippen LogP contribution >= 0.6 is 45.8 Å². The van der Waals surface area contributed by atoms with Gasteiger partial charge in [-0.1, -0.05) is 42.8 Å². The first-order valence-corrected chi connectivity index (χ1v) is 32.3. The van der Waals surface area contributed by atoms with E-state index in [0.29, 0.717) is 79.2 Å². The summed E-state index contributed by atoms with van der Waals surface area (Å²) in [6.07, 6.45) is 11.9. The fourth-order valence-corrected chi connectivity index (χ4v) is 17.0. The SMILES string of the molecule is CSc1sc(C(=O)N2CCC3(CC2)COc2ccc(CN)cc23)cc1C#N.Cc1cc(C(=O)N2CCC3(CC2)COc2ccc(CN)cc23)sc1C(O)O.NCc1ccc2c(c1)C1(CCN(C(=O)c3cc4c(s3)CCCCC4)CC1)CO2. The molecule has 19 heteroatoms. The van der Waals surface area contributed by atoms with Gasteiger partial charge in [-0.05, 0) is 142 Å². The average Bonchev–Trinajstić information content (AvgIpc) is 4.55. The van der Waals surface area contributed by atoms with E-state index in [1.807, 2.05) is 40.3 Å². The molecule has 6 aromatic rings. The van der Waals surface area contributed by atoms with Crippen molar-refractivity contribution in [2.75, 3.05) is 65.3 Å². The Morgan fingerprint density at radius 3 is 1.39 bits per heavy atom. The number of aliphatic hydroxyl groups is 2. The number of thiophene rings is 3. The molecule has 1 aliphatic carbocycles. The number of nitrogens with zero attached hydrogens (tertiary/aromatic N) is 4. The molecule has 3 aromatic carbocycles. The lowest BCUT2D eigenvalue weighted by Crippen LogP contribution is -2.45. The lowest BCUT2D eigenvalue weighted by atomic mass is 9.74. The van der Waals surface area contributed by atoms with Gasteiger partial charge in [0.25, 0.3) is 17.7 Å². The third kappa shape index (κ3) is 11.3. The number of piperidine rings is 3. The number of amides is 3. The number of ether oxygens (including phenoxy) is 3. The largest absolute Gasteiger partial charge is 0.492 e. The minimum absolute atomic E-state index is 0.0189. The minimum Gasteiger partial charge on any atom is -0.492 e. The molecule has 9 heterocycles. The summed E-state index contributed by atoms with van der Waals surface area (Å²) in [6.45, 7) is 9.72. The molecule has 432 valence electrons. The van der Waals surface area contributed by atoms with Crippen molar-refractivity contribution in [3.8, 4) is 23.3 Å². The maximum atomic E-state index is 13.1. The van der Waals surface area contributed by atoms with Gasteiger partial charge >= 0.3 is 0 Å². The molecule has 0 radical (unpaired) electrons. The van der Waals surface area contributed by atoms with Crippen LogP contribution in [0.1, 0.15) is 153 Å². The Morgan fingerprint density at radius 2 is 1.01 bits per heavy atom. The Bertz CT molecular complexity index is 3370. The van der Waals surface area contributed by atoms with Gasteiger partial charge in [0, 0.05) is 96.7 Å². The minimum atomic E-state index is -1.54. The fourth-order valence-electron chi connectivity index (χ4n) is 13.1. The third-order valence-corrected chi connectivity index (χ3v) is 22.9. The highest BCUT2D eigenvalue weighted by molar-refractivity contribution is 8.00. The van der Waals surface area contributed by atoms with Gasteiger partial charge in [0.15, 0.2) is 6.29 Å². The quantitative estimate of drug-likeness (QED) is 0.0544. The standard InChI is InChI=1S/C23H28N2O2S.C20H21N3O2S2.C20H24N2O4S/c24-14-16-6-7-19-18(12-16)23(15-27-19)8-10-25(11-9-23)22(26)21-13-17-4-2-1-3-5-20(17)28-21;1-26-19-14(11-22)9-17(27-19)18(24)23-6-4-20(5-7-23)12-25-16-3-2-13(10-21)8-15(16)20;1-12-8-16(27-17(12)19(24)25)18(23)22-6-4-20(5-7-22)11-26-15-3-2-13(10-21)9-14(15)20/h6-7,12-13H,1-5,8-11,14-15,24H2;2-3,8-9H,4-7,10,12,21H2,1H3;2-3,8-9,19,24-25H,4-7,10-11,21H2,1H3. The highest BCUT2D eigenvalue weighted by atomic mass is 32.2. The van der Waals surface area contributed by atoms with Gasteiger partial charge in [0.05, 0.1) is 49.1 Å². The molecule has 3 spiro atoms.